The van der Waals surface area contributed by atoms with Gasteiger partial charge in [-0.25, -0.2) is 4.98 Å². The van der Waals surface area contributed by atoms with Crippen LogP contribution in [0.15, 0.2) is 35.2 Å². The molecule has 0 saturated carbocycles. The topological polar surface area (TPSA) is 75.4 Å². The third-order valence-corrected chi connectivity index (χ3v) is 3.04. The number of oxazole rings is 1. The number of aromatic nitrogens is 1. The van der Waals surface area contributed by atoms with E-state index in [-0.39, 0.29) is 11.8 Å². The lowest BCUT2D eigenvalue weighted by molar-refractivity contribution is 0.0693. The molecule has 1 aliphatic heterocycles. The van der Waals surface area contributed by atoms with Crippen molar-refractivity contribution < 1.29 is 14.0 Å². The van der Waals surface area contributed by atoms with Crippen molar-refractivity contribution in [3.8, 4) is 0 Å². The molecule has 2 amide bonds. The molecule has 3 rings (SSSR count). The number of carbonyl (C=O) groups is 2. The molecule has 1 N–H and O–H groups in total. The average Bonchev–Trinajstić information content (AvgIpc) is 3.01. The minimum Gasteiger partial charge on any atom is -0.447 e. The van der Waals surface area contributed by atoms with Crippen molar-refractivity contribution in [2.24, 2.45) is 0 Å². The Hall–Kier alpha value is -2.63. The highest BCUT2D eigenvalue weighted by Crippen LogP contribution is 2.24. The molecule has 0 atom stereocenters. The standard InChI is InChI=1S/C13H11N3O3/c1-16-12(17)10-3-2-8(4-11(10)13(16)18)15-6-9-5-14-7-19-9/h2-5,7,15H,6H2,1H3. The van der Waals surface area contributed by atoms with Gasteiger partial charge in [0.2, 0.25) is 0 Å². The van der Waals surface area contributed by atoms with E-state index >= 15 is 0 Å². The van der Waals surface area contributed by atoms with Gasteiger partial charge in [0, 0.05) is 12.7 Å². The third-order valence-electron chi connectivity index (χ3n) is 3.04. The van der Waals surface area contributed by atoms with E-state index in [2.05, 4.69) is 10.3 Å². The van der Waals surface area contributed by atoms with Gasteiger partial charge in [-0.1, -0.05) is 0 Å². The first-order chi connectivity index (χ1) is 9.16. The monoisotopic (exact) mass is 257 g/mol. The molecule has 6 nitrogen and oxygen atoms in total. The van der Waals surface area contributed by atoms with Gasteiger partial charge in [-0.3, -0.25) is 14.5 Å². The van der Waals surface area contributed by atoms with E-state index in [0.717, 1.165) is 10.6 Å². The minimum absolute atomic E-state index is 0.262. The second kappa shape index (κ2) is 4.24. The summed E-state index contributed by atoms with van der Waals surface area (Å²) in [7, 11) is 1.48. The summed E-state index contributed by atoms with van der Waals surface area (Å²) in [5, 5.41) is 3.11. The van der Waals surface area contributed by atoms with Crippen LogP contribution in [0.3, 0.4) is 0 Å². The maximum atomic E-state index is 11.8. The van der Waals surface area contributed by atoms with Gasteiger partial charge in [0.15, 0.2) is 6.39 Å². The molecular formula is C13H11N3O3. The smallest absolute Gasteiger partial charge is 0.261 e. The van der Waals surface area contributed by atoms with E-state index in [0.29, 0.717) is 23.4 Å². The molecule has 0 saturated heterocycles. The number of rotatable bonds is 3. The van der Waals surface area contributed by atoms with Gasteiger partial charge < -0.3 is 9.73 Å². The second-order valence-corrected chi connectivity index (χ2v) is 4.25. The van der Waals surface area contributed by atoms with E-state index in [1.54, 1.807) is 24.4 Å². The van der Waals surface area contributed by atoms with Crippen LogP contribution in [0, 0.1) is 0 Å². The molecule has 6 heteroatoms. The highest BCUT2D eigenvalue weighted by atomic mass is 16.3. The molecule has 0 aliphatic carbocycles. The zero-order chi connectivity index (χ0) is 13.4. The molecule has 0 fully saturated rings. The molecule has 1 aliphatic rings. The van der Waals surface area contributed by atoms with Crippen LogP contribution >= 0.6 is 0 Å². The van der Waals surface area contributed by atoms with Crippen molar-refractivity contribution in [1.82, 2.24) is 9.88 Å². The van der Waals surface area contributed by atoms with E-state index in [1.165, 1.54) is 13.4 Å². The Bertz CT molecular complexity index is 649. The lowest BCUT2D eigenvalue weighted by atomic mass is 10.1. The van der Waals surface area contributed by atoms with Gasteiger partial charge in [-0.15, -0.1) is 0 Å². The first kappa shape index (κ1) is 11.5. The van der Waals surface area contributed by atoms with Crippen molar-refractivity contribution >= 4 is 17.5 Å². The summed E-state index contributed by atoms with van der Waals surface area (Å²) in [6.07, 6.45) is 2.97. The Morgan fingerprint density at radius 1 is 1.26 bits per heavy atom. The number of anilines is 1. The van der Waals surface area contributed by atoms with Crippen LogP contribution < -0.4 is 5.32 Å². The van der Waals surface area contributed by atoms with Crippen molar-refractivity contribution in [3.63, 3.8) is 0 Å². The number of hydrogen-bond donors (Lipinski definition) is 1. The number of amides is 2. The Labute approximate surface area is 109 Å². The first-order valence-corrected chi connectivity index (χ1v) is 5.74. The lowest BCUT2D eigenvalue weighted by Gasteiger charge is -2.05. The summed E-state index contributed by atoms with van der Waals surface area (Å²) >= 11 is 0. The maximum Gasteiger partial charge on any atom is 0.261 e. The summed E-state index contributed by atoms with van der Waals surface area (Å²) in [5.74, 6) is 0.158. The van der Waals surface area contributed by atoms with Crippen LogP contribution in [0.5, 0.6) is 0 Å². The second-order valence-electron chi connectivity index (χ2n) is 4.25. The summed E-state index contributed by atoms with van der Waals surface area (Å²) in [4.78, 5) is 28.5. The average molecular weight is 257 g/mol. The molecule has 1 aromatic heterocycles. The van der Waals surface area contributed by atoms with Crippen molar-refractivity contribution in [1.29, 1.82) is 0 Å². The van der Waals surface area contributed by atoms with Gasteiger partial charge in [0.1, 0.15) is 5.76 Å². The SMILES string of the molecule is CN1C(=O)c2ccc(NCc3cnco3)cc2C1=O. The molecule has 2 heterocycles. The predicted molar refractivity (Wildman–Crippen MR) is 66.7 cm³/mol. The fraction of sp³-hybridized carbons (Fsp3) is 0.154. The number of imide groups is 1. The zero-order valence-corrected chi connectivity index (χ0v) is 10.2. The molecule has 19 heavy (non-hydrogen) atoms. The predicted octanol–water partition coefficient (Wildman–Crippen LogP) is 1.51. The maximum absolute atomic E-state index is 11.8. The van der Waals surface area contributed by atoms with E-state index in [1.807, 2.05) is 0 Å². The van der Waals surface area contributed by atoms with Crippen molar-refractivity contribution in [2.45, 2.75) is 6.54 Å². The minimum atomic E-state index is -0.275. The number of benzene rings is 1. The van der Waals surface area contributed by atoms with Crippen LogP contribution in [-0.4, -0.2) is 28.7 Å². The van der Waals surface area contributed by atoms with Crippen LogP contribution in [0.4, 0.5) is 5.69 Å². The largest absolute Gasteiger partial charge is 0.447 e. The van der Waals surface area contributed by atoms with Gasteiger partial charge in [0.05, 0.1) is 23.9 Å². The number of nitrogens with one attached hydrogen (secondary N) is 1. The Morgan fingerprint density at radius 2 is 2.05 bits per heavy atom. The van der Waals surface area contributed by atoms with E-state index in [9.17, 15) is 9.59 Å². The Balaban J connectivity index is 1.83. The van der Waals surface area contributed by atoms with Gasteiger partial charge in [-0.2, -0.15) is 0 Å². The molecule has 96 valence electrons. The van der Waals surface area contributed by atoms with Crippen molar-refractivity contribution in [3.05, 3.63) is 47.7 Å². The first-order valence-electron chi connectivity index (χ1n) is 5.74. The van der Waals surface area contributed by atoms with Crippen LogP contribution in [0.2, 0.25) is 0 Å². The molecule has 2 aromatic rings. The van der Waals surface area contributed by atoms with Crippen LogP contribution in [0.25, 0.3) is 0 Å². The van der Waals surface area contributed by atoms with E-state index < -0.39 is 0 Å². The molecule has 0 radical (unpaired) electrons. The van der Waals surface area contributed by atoms with Crippen LogP contribution in [0.1, 0.15) is 26.5 Å². The highest BCUT2D eigenvalue weighted by molar-refractivity contribution is 6.21. The van der Waals surface area contributed by atoms with Gasteiger partial charge >= 0.3 is 0 Å². The quantitative estimate of drug-likeness (QED) is 0.843. The summed E-state index contributed by atoms with van der Waals surface area (Å²) in [6.45, 7) is 0.469. The summed E-state index contributed by atoms with van der Waals surface area (Å²) < 4.78 is 5.10. The fourth-order valence-electron chi connectivity index (χ4n) is 1.99. The van der Waals surface area contributed by atoms with Crippen LogP contribution in [-0.2, 0) is 6.54 Å². The molecule has 0 unspecified atom stereocenters. The van der Waals surface area contributed by atoms with Gasteiger partial charge in [0.25, 0.3) is 11.8 Å². The van der Waals surface area contributed by atoms with E-state index in [4.69, 9.17) is 4.42 Å². The number of hydrogen-bond acceptors (Lipinski definition) is 5. The molecule has 0 spiro atoms. The molecular weight excluding hydrogens is 246 g/mol. The molecule has 1 aromatic carbocycles. The Kier molecular flexibility index (Phi) is 2.56. The Morgan fingerprint density at radius 3 is 2.79 bits per heavy atom. The number of carbonyl (C=O) groups excluding carboxylic acids is 2. The van der Waals surface area contributed by atoms with Gasteiger partial charge in [-0.05, 0) is 18.2 Å². The summed E-state index contributed by atoms with van der Waals surface area (Å²) in [6, 6.07) is 5.09. The third kappa shape index (κ3) is 1.87. The highest BCUT2D eigenvalue weighted by Gasteiger charge is 2.32. The zero-order valence-electron chi connectivity index (χ0n) is 10.2. The number of fused-ring (bicyclic) bond motifs is 1. The number of nitrogens with zero attached hydrogens (tertiary/aromatic N) is 2. The normalized spacial score (nSPS) is 13.8. The summed E-state index contributed by atoms with van der Waals surface area (Å²) in [5.41, 5.74) is 1.62. The fourth-order valence-corrected chi connectivity index (χ4v) is 1.99. The van der Waals surface area contributed by atoms with Crippen molar-refractivity contribution in [2.75, 3.05) is 12.4 Å². The lowest BCUT2D eigenvalue weighted by Crippen LogP contribution is -2.24. The molecule has 0 bridgehead atoms.